The van der Waals surface area contributed by atoms with Crippen molar-refractivity contribution in [2.75, 3.05) is 38.0 Å². The summed E-state index contributed by atoms with van der Waals surface area (Å²) in [4.78, 5) is 21.8. The second kappa shape index (κ2) is 11.5. The van der Waals surface area contributed by atoms with E-state index in [2.05, 4.69) is 27.3 Å². The lowest BCUT2D eigenvalue weighted by Gasteiger charge is -2.34. The summed E-state index contributed by atoms with van der Waals surface area (Å²) in [5.41, 5.74) is 2.06. The molecule has 0 unspecified atom stereocenters. The van der Waals surface area contributed by atoms with Gasteiger partial charge in [0, 0.05) is 37.3 Å². The first-order chi connectivity index (χ1) is 15.3. The Morgan fingerprint density at radius 1 is 1.00 bits per heavy atom. The number of thioether (sulfide) groups is 1. The lowest BCUT2D eigenvalue weighted by Crippen LogP contribution is -2.43. The van der Waals surface area contributed by atoms with Crippen molar-refractivity contribution in [3.63, 3.8) is 0 Å². The van der Waals surface area contributed by atoms with Crippen molar-refractivity contribution in [3.05, 3.63) is 54.2 Å². The van der Waals surface area contributed by atoms with E-state index in [4.69, 9.17) is 0 Å². The van der Waals surface area contributed by atoms with E-state index >= 15 is 0 Å². The Balaban J connectivity index is 1.22. The van der Waals surface area contributed by atoms with Gasteiger partial charge in [0.2, 0.25) is 0 Å². The second-order valence-corrected chi connectivity index (χ2v) is 9.73. The van der Waals surface area contributed by atoms with E-state index in [1.165, 1.54) is 50.9 Å². The van der Waals surface area contributed by atoms with Gasteiger partial charge in [-0.15, -0.1) is 11.8 Å². The summed E-state index contributed by atoms with van der Waals surface area (Å²) in [5.74, 6) is 1.57. The van der Waals surface area contributed by atoms with Crippen molar-refractivity contribution in [2.45, 2.75) is 49.3 Å². The molecule has 3 heterocycles. The first-order valence-corrected chi connectivity index (χ1v) is 12.7. The largest absolute Gasteiger partial charge is 0.325 e. The van der Waals surface area contributed by atoms with Crippen molar-refractivity contribution < 1.29 is 4.79 Å². The third-order valence-electron chi connectivity index (χ3n) is 6.32. The third-order valence-corrected chi connectivity index (χ3v) is 7.33. The van der Waals surface area contributed by atoms with Gasteiger partial charge in [0.25, 0.3) is 0 Å². The molecule has 166 valence electrons. The number of pyridine rings is 1. The summed E-state index contributed by atoms with van der Waals surface area (Å²) >= 11 is 1.71. The van der Waals surface area contributed by atoms with Gasteiger partial charge < -0.3 is 15.1 Å². The smallest absolute Gasteiger partial charge is 0.321 e. The average molecular weight is 439 g/mol. The quantitative estimate of drug-likeness (QED) is 0.606. The van der Waals surface area contributed by atoms with E-state index in [1.807, 2.05) is 41.4 Å². The van der Waals surface area contributed by atoms with E-state index in [9.17, 15) is 4.79 Å². The number of nitrogens with zero attached hydrogens (tertiary/aromatic N) is 3. The highest BCUT2D eigenvalue weighted by molar-refractivity contribution is 7.98. The summed E-state index contributed by atoms with van der Waals surface area (Å²) < 4.78 is 0. The number of aromatic nitrogens is 1. The molecular formula is C25H34N4OS. The van der Waals surface area contributed by atoms with Crippen LogP contribution in [0, 0.1) is 5.92 Å². The second-order valence-electron chi connectivity index (χ2n) is 8.73. The number of hydrogen-bond donors (Lipinski definition) is 1. The lowest BCUT2D eigenvalue weighted by atomic mass is 9.96. The van der Waals surface area contributed by atoms with Crippen LogP contribution in [0.25, 0.3) is 0 Å². The zero-order valence-corrected chi connectivity index (χ0v) is 19.2. The molecule has 0 spiro atoms. The highest BCUT2D eigenvalue weighted by Crippen LogP contribution is 2.24. The Labute approximate surface area is 190 Å². The molecule has 0 bridgehead atoms. The Morgan fingerprint density at radius 3 is 2.55 bits per heavy atom. The van der Waals surface area contributed by atoms with Crippen LogP contribution in [0.4, 0.5) is 10.5 Å². The molecule has 0 radical (unpaired) electrons. The normalized spacial score (nSPS) is 18.5. The fraction of sp³-hybridized carbons (Fsp3) is 0.520. The molecule has 2 aliphatic heterocycles. The Morgan fingerprint density at radius 2 is 1.81 bits per heavy atom. The molecule has 1 N–H and O–H groups in total. The maximum Gasteiger partial charge on any atom is 0.321 e. The molecule has 2 amide bonds. The predicted molar refractivity (Wildman–Crippen MR) is 128 cm³/mol. The number of rotatable bonds is 6. The van der Waals surface area contributed by atoms with E-state index in [1.54, 1.807) is 11.8 Å². The summed E-state index contributed by atoms with van der Waals surface area (Å²) in [6.45, 7) is 5.45. The number of likely N-dealkylation sites (tertiary alicyclic amines) is 2. The van der Waals surface area contributed by atoms with Gasteiger partial charge in [0.1, 0.15) is 0 Å². The molecule has 5 nitrogen and oxygen atoms in total. The van der Waals surface area contributed by atoms with E-state index in [0.29, 0.717) is 0 Å². The van der Waals surface area contributed by atoms with Crippen molar-refractivity contribution in [1.82, 2.24) is 14.8 Å². The van der Waals surface area contributed by atoms with Crippen LogP contribution in [0.15, 0.2) is 53.7 Å². The predicted octanol–water partition coefficient (Wildman–Crippen LogP) is 5.49. The zero-order valence-electron chi connectivity index (χ0n) is 18.3. The van der Waals surface area contributed by atoms with Gasteiger partial charge in [-0.2, -0.15) is 0 Å². The van der Waals surface area contributed by atoms with Gasteiger partial charge >= 0.3 is 6.03 Å². The standard InChI is InChI=1S/C25H34N4OS/c30-25(29-16-11-21(12-17-29)19-28-14-5-1-2-6-15-28)27-23-9-7-8-22(18-23)20-31-24-10-3-4-13-26-24/h3-4,7-10,13,18,21H,1-2,5-6,11-12,14-17,19-20H2,(H,27,30). The van der Waals surface area contributed by atoms with Crippen LogP contribution in [0.3, 0.4) is 0 Å². The van der Waals surface area contributed by atoms with Gasteiger partial charge in [0.15, 0.2) is 0 Å². The Hall–Kier alpha value is -2.05. The fourth-order valence-corrected chi connectivity index (χ4v) is 5.34. The summed E-state index contributed by atoms with van der Waals surface area (Å²) in [5, 5.41) is 4.12. The molecule has 1 aromatic carbocycles. The molecule has 31 heavy (non-hydrogen) atoms. The maximum atomic E-state index is 12.8. The minimum absolute atomic E-state index is 0.0303. The number of carbonyl (C=O) groups excluding carboxylic acids is 1. The minimum Gasteiger partial charge on any atom is -0.325 e. The Kier molecular flexibility index (Phi) is 8.24. The van der Waals surface area contributed by atoms with Gasteiger partial charge in [-0.05, 0) is 74.5 Å². The van der Waals surface area contributed by atoms with Crippen molar-refractivity contribution >= 4 is 23.5 Å². The number of anilines is 1. The van der Waals surface area contributed by atoms with E-state index < -0.39 is 0 Å². The molecule has 4 rings (SSSR count). The lowest BCUT2D eigenvalue weighted by molar-refractivity contribution is 0.155. The monoisotopic (exact) mass is 438 g/mol. The number of hydrogen-bond acceptors (Lipinski definition) is 4. The Bertz CT molecular complexity index is 815. The van der Waals surface area contributed by atoms with Crippen LogP contribution in [0.2, 0.25) is 0 Å². The first kappa shape index (κ1) is 22.2. The van der Waals surface area contributed by atoms with Crippen LogP contribution in [0.5, 0.6) is 0 Å². The highest BCUT2D eigenvalue weighted by Gasteiger charge is 2.24. The van der Waals surface area contributed by atoms with Crippen LogP contribution >= 0.6 is 11.8 Å². The zero-order chi connectivity index (χ0) is 21.3. The molecule has 2 saturated heterocycles. The van der Waals surface area contributed by atoms with Crippen LogP contribution in [-0.2, 0) is 5.75 Å². The van der Waals surface area contributed by atoms with E-state index in [0.717, 1.165) is 48.3 Å². The van der Waals surface area contributed by atoms with E-state index in [-0.39, 0.29) is 6.03 Å². The number of piperidine rings is 1. The minimum atomic E-state index is 0.0303. The SMILES string of the molecule is O=C(Nc1cccc(CSc2ccccn2)c1)N1CCC(CN2CCCCCC2)CC1. The van der Waals surface area contributed by atoms with Gasteiger partial charge in [-0.25, -0.2) is 9.78 Å². The maximum absolute atomic E-state index is 12.8. The summed E-state index contributed by atoms with van der Waals surface area (Å²) in [6, 6.07) is 14.1. The molecule has 2 aliphatic rings. The van der Waals surface area contributed by atoms with Gasteiger partial charge in [-0.3, -0.25) is 0 Å². The molecular weight excluding hydrogens is 404 g/mol. The number of benzene rings is 1. The summed E-state index contributed by atoms with van der Waals surface area (Å²) in [6.07, 6.45) is 9.52. The van der Waals surface area contributed by atoms with Gasteiger partial charge in [0.05, 0.1) is 5.03 Å². The fourth-order valence-electron chi connectivity index (χ4n) is 4.53. The topological polar surface area (TPSA) is 48.5 Å². The molecule has 2 fully saturated rings. The van der Waals surface area contributed by atoms with Crippen LogP contribution in [-0.4, -0.2) is 53.5 Å². The van der Waals surface area contributed by atoms with Crippen LogP contribution < -0.4 is 5.32 Å². The molecule has 2 aromatic rings. The van der Waals surface area contributed by atoms with Crippen molar-refractivity contribution in [1.29, 1.82) is 0 Å². The van der Waals surface area contributed by atoms with Crippen molar-refractivity contribution in [3.8, 4) is 0 Å². The summed E-state index contributed by atoms with van der Waals surface area (Å²) in [7, 11) is 0. The molecule has 1 aromatic heterocycles. The number of carbonyl (C=O) groups is 1. The average Bonchev–Trinajstić information content (AvgIpc) is 3.08. The highest BCUT2D eigenvalue weighted by atomic mass is 32.2. The molecule has 0 saturated carbocycles. The number of urea groups is 1. The molecule has 0 aliphatic carbocycles. The molecule has 0 atom stereocenters. The third kappa shape index (κ3) is 6.97. The number of nitrogens with one attached hydrogen (secondary N) is 1. The number of amides is 2. The molecule has 6 heteroatoms. The van der Waals surface area contributed by atoms with Crippen LogP contribution in [0.1, 0.15) is 44.1 Å². The van der Waals surface area contributed by atoms with Gasteiger partial charge in [-0.1, -0.05) is 31.0 Å². The first-order valence-electron chi connectivity index (χ1n) is 11.7. The van der Waals surface area contributed by atoms with Crippen molar-refractivity contribution in [2.24, 2.45) is 5.92 Å².